The van der Waals surface area contributed by atoms with Gasteiger partial charge in [0, 0.05) is 10.6 Å². The number of aliphatic carboxylic acids is 1. The quantitative estimate of drug-likeness (QED) is 0.817. The molecule has 0 saturated heterocycles. The Morgan fingerprint density at radius 3 is 3.00 bits per heavy atom. The highest BCUT2D eigenvalue weighted by Crippen LogP contribution is 2.19. The lowest BCUT2D eigenvalue weighted by Gasteiger charge is -2.11. The van der Waals surface area contributed by atoms with Gasteiger partial charge in [-0.25, -0.2) is 0 Å². The van der Waals surface area contributed by atoms with E-state index in [9.17, 15) is 4.79 Å². The van der Waals surface area contributed by atoms with Crippen LogP contribution in [0.2, 0.25) is 5.02 Å². The fourth-order valence-electron chi connectivity index (χ4n) is 1.88. The molecule has 0 aliphatic rings. The number of nitrogens with one attached hydrogen (secondary N) is 1. The molecule has 2 rings (SSSR count). The van der Waals surface area contributed by atoms with Crippen molar-refractivity contribution >= 4 is 17.6 Å². The Morgan fingerprint density at radius 1 is 1.52 bits per heavy atom. The number of aromatic nitrogens is 2. The number of carbonyl (C=O) groups is 1. The van der Waals surface area contributed by atoms with Crippen molar-refractivity contribution < 1.29 is 14.4 Å². The Kier molecular flexibility index (Phi) is 5.30. The van der Waals surface area contributed by atoms with Gasteiger partial charge in [-0.2, -0.15) is 4.98 Å². The van der Waals surface area contributed by atoms with Gasteiger partial charge in [0.05, 0.1) is 6.54 Å². The molecule has 21 heavy (non-hydrogen) atoms. The molecule has 0 spiro atoms. The van der Waals surface area contributed by atoms with Gasteiger partial charge in [0.1, 0.15) is 6.04 Å². The molecule has 0 bridgehead atoms. The number of hydrogen-bond acceptors (Lipinski definition) is 5. The van der Waals surface area contributed by atoms with E-state index in [4.69, 9.17) is 21.2 Å². The maximum Gasteiger partial charge on any atom is 0.320 e. The van der Waals surface area contributed by atoms with Crippen LogP contribution < -0.4 is 5.32 Å². The predicted molar refractivity (Wildman–Crippen MR) is 77.9 cm³/mol. The van der Waals surface area contributed by atoms with Crippen LogP contribution in [0.5, 0.6) is 0 Å². The molecule has 0 amide bonds. The predicted octanol–water partition coefficient (Wildman–Crippen LogP) is 2.73. The van der Waals surface area contributed by atoms with E-state index >= 15 is 0 Å². The highest BCUT2D eigenvalue weighted by Gasteiger charge is 2.17. The molecule has 1 aromatic heterocycles. The molecule has 0 aliphatic heterocycles. The van der Waals surface area contributed by atoms with Gasteiger partial charge in [-0.15, -0.1) is 0 Å². The number of benzene rings is 1. The van der Waals surface area contributed by atoms with E-state index in [1.165, 1.54) is 0 Å². The van der Waals surface area contributed by atoms with Crippen molar-refractivity contribution in [1.29, 1.82) is 0 Å². The third-order valence-electron chi connectivity index (χ3n) is 2.93. The zero-order valence-corrected chi connectivity index (χ0v) is 12.3. The lowest BCUT2D eigenvalue weighted by atomic mass is 10.2. The van der Waals surface area contributed by atoms with E-state index in [1.807, 2.05) is 13.0 Å². The molecule has 1 heterocycles. The average molecular weight is 310 g/mol. The molecule has 0 fully saturated rings. The molecular weight excluding hydrogens is 294 g/mol. The summed E-state index contributed by atoms with van der Waals surface area (Å²) in [4.78, 5) is 15.3. The van der Waals surface area contributed by atoms with E-state index in [0.29, 0.717) is 23.2 Å². The highest BCUT2D eigenvalue weighted by atomic mass is 35.5. The van der Waals surface area contributed by atoms with Crippen molar-refractivity contribution in [2.45, 2.75) is 32.4 Å². The van der Waals surface area contributed by atoms with Gasteiger partial charge >= 0.3 is 5.97 Å². The van der Waals surface area contributed by atoms with Crippen molar-refractivity contribution in [2.75, 3.05) is 0 Å². The van der Waals surface area contributed by atoms with Crippen LogP contribution in [0.25, 0.3) is 11.4 Å². The fraction of sp³-hybridized carbons (Fsp3) is 0.357. The minimum atomic E-state index is -0.883. The number of hydrogen-bond donors (Lipinski definition) is 2. The Balaban J connectivity index is 2.02. The van der Waals surface area contributed by atoms with Crippen LogP contribution in [0.4, 0.5) is 0 Å². The molecule has 0 aliphatic carbocycles. The number of carboxylic acid groups (broad SMARTS) is 1. The Hall–Kier alpha value is -1.92. The zero-order valence-electron chi connectivity index (χ0n) is 11.5. The molecule has 0 saturated carbocycles. The summed E-state index contributed by atoms with van der Waals surface area (Å²) < 4.78 is 5.11. The van der Waals surface area contributed by atoms with Crippen molar-refractivity contribution in [2.24, 2.45) is 0 Å². The van der Waals surface area contributed by atoms with Crippen molar-refractivity contribution in [3.8, 4) is 11.4 Å². The third kappa shape index (κ3) is 4.27. The number of halogens is 1. The van der Waals surface area contributed by atoms with Crippen LogP contribution in [-0.4, -0.2) is 27.3 Å². The molecule has 1 unspecified atom stereocenters. The first kappa shape index (κ1) is 15.5. The molecule has 2 N–H and O–H groups in total. The standard InChI is InChI=1S/C14H16ClN3O3/c1-2-4-11(14(19)20)16-8-12-17-13(18-21-12)9-5-3-6-10(15)7-9/h3,5-7,11,16H,2,4,8H2,1H3,(H,19,20). The first-order valence-corrected chi connectivity index (χ1v) is 7.02. The van der Waals surface area contributed by atoms with Crippen LogP contribution >= 0.6 is 11.6 Å². The lowest BCUT2D eigenvalue weighted by molar-refractivity contribution is -0.139. The first-order chi connectivity index (χ1) is 10.1. The molecule has 0 radical (unpaired) electrons. The fourth-order valence-corrected chi connectivity index (χ4v) is 2.07. The second-order valence-electron chi connectivity index (χ2n) is 4.58. The average Bonchev–Trinajstić information content (AvgIpc) is 2.92. The second kappa shape index (κ2) is 7.19. The Labute approximate surface area is 127 Å². The summed E-state index contributed by atoms with van der Waals surface area (Å²) >= 11 is 5.91. The minimum absolute atomic E-state index is 0.213. The molecular formula is C14H16ClN3O3. The summed E-state index contributed by atoms with van der Waals surface area (Å²) in [6.07, 6.45) is 1.33. The van der Waals surface area contributed by atoms with Gasteiger partial charge in [-0.3, -0.25) is 10.1 Å². The monoisotopic (exact) mass is 309 g/mol. The van der Waals surface area contributed by atoms with Gasteiger partial charge in [0.15, 0.2) is 0 Å². The van der Waals surface area contributed by atoms with Crippen LogP contribution in [0.1, 0.15) is 25.7 Å². The summed E-state index contributed by atoms with van der Waals surface area (Å²) in [6.45, 7) is 2.14. The van der Waals surface area contributed by atoms with Gasteiger partial charge < -0.3 is 9.63 Å². The van der Waals surface area contributed by atoms with Gasteiger partial charge in [0.2, 0.25) is 11.7 Å². The van der Waals surface area contributed by atoms with Gasteiger partial charge in [0.25, 0.3) is 0 Å². The van der Waals surface area contributed by atoms with Crippen molar-refractivity contribution in [1.82, 2.24) is 15.5 Å². The van der Waals surface area contributed by atoms with E-state index in [0.717, 1.165) is 12.0 Å². The summed E-state index contributed by atoms with van der Waals surface area (Å²) in [7, 11) is 0. The zero-order chi connectivity index (χ0) is 15.2. The topological polar surface area (TPSA) is 88.3 Å². The molecule has 1 atom stereocenters. The third-order valence-corrected chi connectivity index (χ3v) is 3.16. The smallest absolute Gasteiger partial charge is 0.320 e. The molecule has 2 aromatic rings. The number of carboxylic acids is 1. The van der Waals surface area contributed by atoms with E-state index < -0.39 is 12.0 Å². The summed E-state index contributed by atoms with van der Waals surface area (Å²) in [6, 6.07) is 6.51. The Morgan fingerprint density at radius 2 is 2.33 bits per heavy atom. The maximum atomic E-state index is 11.0. The normalized spacial score (nSPS) is 12.3. The van der Waals surface area contributed by atoms with Crippen LogP contribution in [0.3, 0.4) is 0 Å². The van der Waals surface area contributed by atoms with Crippen molar-refractivity contribution in [3.05, 3.63) is 35.2 Å². The van der Waals surface area contributed by atoms with E-state index in [2.05, 4.69) is 15.5 Å². The van der Waals surface area contributed by atoms with Crippen LogP contribution in [-0.2, 0) is 11.3 Å². The summed E-state index contributed by atoms with van der Waals surface area (Å²) in [5, 5.41) is 16.4. The Bertz CT molecular complexity index is 615. The number of rotatable bonds is 7. The second-order valence-corrected chi connectivity index (χ2v) is 5.02. The largest absolute Gasteiger partial charge is 0.480 e. The molecule has 7 heteroatoms. The van der Waals surface area contributed by atoms with Crippen LogP contribution in [0.15, 0.2) is 28.8 Å². The highest BCUT2D eigenvalue weighted by molar-refractivity contribution is 6.30. The van der Waals surface area contributed by atoms with E-state index in [-0.39, 0.29) is 6.54 Å². The lowest BCUT2D eigenvalue weighted by Crippen LogP contribution is -2.36. The van der Waals surface area contributed by atoms with Gasteiger partial charge in [-0.05, 0) is 18.6 Å². The first-order valence-electron chi connectivity index (χ1n) is 6.65. The number of nitrogens with zero attached hydrogens (tertiary/aromatic N) is 2. The van der Waals surface area contributed by atoms with E-state index in [1.54, 1.807) is 18.2 Å². The molecule has 1 aromatic carbocycles. The van der Waals surface area contributed by atoms with Crippen LogP contribution in [0, 0.1) is 0 Å². The van der Waals surface area contributed by atoms with Crippen molar-refractivity contribution in [3.63, 3.8) is 0 Å². The minimum Gasteiger partial charge on any atom is -0.480 e. The maximum absolute atomic E-state index is 11.0. The molecule has 112 valence electrons. The SMILES string of the molecule is CCCC(NCc1nc(-c2cccc(Cl)c2)no1)C(=O)O. The summed E-state index contributed by atoms with van der Waals surface area (Å²) in [5.41, 5.74) is 0.751. The summed E-state index contributed by atoms with van der Waals surface area (Å²) in [5.74, 6) is -0.115. The molecule has 6 nitrogen and oxygen atoms in total. The van der Waals surface area contributed by atoms with Gasteiger partial charge in [-0.1, -0.05) is 42.2 Å².